The fraction of sp³-hybridized carbons (Fsp3) is 0.308. The number of carbonyl (C=O) groups excluding carboxylic acids is 2. The zero-order valence-electron chi connectivity index (χ0n) is 27.6. The number of nitrogens with one attached hydrogen (secondary N) is 2. The van der Waals surface area contributed by atoms with E-state index in [0.717, 1.165) is 55.4 Å². The molecule has 5 aromatic rings. The topological polar surface area (TPSA) is 130 Å². The Morgan fingerprint density at radius 1 is 0.820 bits per heavy atom. The molecule has 0 aliphatic carbocycles. The fourth-order valence-electron chi connectivity index (χ4n) is 5.89. The maximum Gasteiger partial charge on any atom is 0.243 e. The van der Waals surface area contributed by atoms with Crippen LogP contribution >= 0.6 is 23.1 Å². The summed E-state index contributed by atoms with van der Waals surface area (Å²) < 4.78 is 15.3. The summed E-state index contributed by atoms with van der Waals surface area (Å²) in [5.41, 5.74) is 8.57. The molecule has 0 radical (unpaired) electrons. The molecule has 260 valence electrons. The number of ether oxygens (including phenoxy) is 2. The lowest BCUT2D eigenvalue weighted by Gasteiger charge is -2.36. The Bertz CT molecular complexity index is 1830. The first kappa shape index (κ1) is 35.7. The Morgan fingerprint density at radius 3 is 2.34 bits per heavy atom. The van der Waals surface area contributed by atoms with E-state index in [1.54, 1.807) is 28.6 Å². The number of thioether (sulfide) groups is 1. The van der Waals surface area contributed by atoms with Gasteiger partial charge in [-0.05, 0) is 58.9 Å². The molecular formula is C39H41N3O6S2. The van der Waals surface area contributed by atoms with Crippen LogP contribution in [0.5, 0.6) is 0 Å². The number of para-hydroxylation sites is 1. The molecule has 1 aliphatic rings. The van der Waals surface area contributed by atoms with Crippen LogP contribution in [0, 0.1) is 0 Å². The molecule has 1 saturated heterocycles. The number of thiazole rings is 1. The van der Waals surface area contributed by atoms with Crippen LogP contribution in [-0.4, -0.2) is 39.0 Å². The van der Waals surface area contributed by atoms with Gasteiger partial charge >= 0.3 is 0 Å². The molecule has 3 atom stereocenters. The van der Waals surface area contributed by atoms with E-state index in [1.807, 2.05) is 66.7 Å². The van der Waals surface area contributed by atoms with Crippen LogP contribution in [0.3, 0.4) is 0 Å². The Morgan fingerprint density at radius 2 is 1.58 bits per heavy atom. The lowest BCUT2D eigenvalue weighted by molar-refractivity contribution is -0.245. The van der Waals surface area contributed by atoms with Crippen molar-refractivity contribution in [2.24, 2.45) is 0 Å². The Balaban J connectivity index is 1.08. The quantitative estimate of drug-likeness (QED) is 0.0374. The van der Waals surface area contributed by atoms with Crippen molar-refractivity contribution >= 4 is 45.1 Å². The molecule has 11 heteroatoms. The number of fused-ring (bicyclic) bond motifs is 1. The Hall–Kier alpha value is -4.10. The average molecular weight is 712 g/mol. The van der Waals surface area contributed by atoms with Crippen LogP contribution in [0.25, 0.3) is 21.3 Å². The number of aromatic nitrogens is 1. The number of benzene rings is 4. The van der Waals surface area contributed by atoms with Crippen molar-refractivity contribution in [2.45, 2.75) is 74.5 Å². The third-order valence-corrected chi connectivity index (χ3v) is 11.0. The summed E-state index contributed by atoms with van der Waals surface area (Å²) in [5.74, 6) is 0.309. The zero-order chi connectivity index (χ0) is 34.7. The van der Waals surface area contributed by atoms with Gasteiger partial charge in [-0.3, -0.25) is 14.8 Å². The summed E-state index contributed by atoms with van der Waals surface area (Å²) in [7, 11) is 0. The molecule has 4 aromatic carbocycles. The second-order valence-corrected chi connectivity index (χ2v) is 14.6. The van der Waals surface area contributed by atoms with E-state index in [1.165, 1.54) is 4.70 Å². The van der Waals surface area contributed by atoms with Gasteiger partial charge in [0.15, 0.2) is 10.6 Å². The minimum atomic E-state index is -0.547. The minimum absolute atomic E-state index is 0.000615. The maximum atomic E-state index is 12.4. The van der Waals surface area contributed by atoms with Crippen LogP contribution in [0.1, 0.15) is 73.2 Å². The summed E-state index contributed by atoms with van der Waals surface area (Å²) >= 11 is 3.41. The number of nitrogens with zero attached hydrogens (tertiary/aromatic N) is 1. The summed E-state index contributed by atoms with van der Waals surface area (Å²) in [4.78, 5) is 28.3. The van der Waals surface area contributed by atoms with Crippen molar-refractivity contribution in [2.75, 3.05) is 5.75 Å². The van der Waals surface area contributed by atoms with Crippen LogP contribution in [0.4, 0.5) is 0 Å². The number of hydroxylamine groups is 1. The molecule has 9 nitrogen and oxygen atoms in total. The molecule has 2 amide bonds. The molecule has 0 unspecified atom stereocenters. The number of rotatable bonds is 15. The van der Waals surface area contributed by atoms with E-state index >= 15 is 0 Å². The lowest BCUT2D eigenvalue weighted by atomic mass is 9.99. The summed E-state index contributed by atoms with van der Waals surface area (Å²) in [6.45, 7) is 0.428. The second kappa shape index (κ2) is 17.7. The number of hydrogen-bond donors (Lipinski definition) is 4. The van der Waals surface area contributed by atoms with Gasteiger partial charge in [-0.2, -0.15) is 0 Å². The van der Waals surface area contributed by atoms with E-state index in [-0.39, 0.29) is 31.1 Å². The van der Waals surface area contributed by atoms with Gasteiger partial charge in [0, 0.05) is 37.1 Å². The molecule has 0 spiro atoms. The van der Waals surface area contributed by atoms with Crippen molar-refractivity contribution in [3.05, 3.63) is 119 Å². The Labute approximate surface area is 300 Å². The minimum Gasteiger partial charge on any atom is -0.392 e. The third-order valence-electron chi connectivity index (χ3n) is 8.65. The van der Waals surface area contributed by atoms with Crippen LogP contribution in [0.15, 0.2) is 101 Å². The van der Waals surface area contributed by atoms with Gasteiger partial charge in [0.1, 0.15) is 0 Å². The first-order valence-corrected chi connectivity index (χ1v) is 18.7. The molecule has 1 fully saturated rings. The monoisotopic (exact) mass is 711 g/mol. The number of carbonyl (C=O) groups is 2. The lowest BCUT2D eigenvalue weighted by Crippen LogP contribution is -2.31. The van der Waals surface area contributed by atoms with Gasteiger partial charge in [-0.1, -0.05) is 97.0 Å². The normalized spacial score (nSPS) is 17.4. The first-order chi connectivity index (χ1) is 24.5. The fourth-order valence-corrected chi connectivity index (χ4v) is 8.00. The molecule has 0 bridgehead atoms. The molecule has 2 heterocycles. The molecule has 4 N–H and O–H groups in total. The molecule has 6 rings (SSSR count). The van der Waals surface area contributed by atoms with Gasteiger partial charge in [-0.25, -0.2) is 10.5 Å². The molecule has 50 heavy (non-hydrogen) atoms. The predicted octanol–water partition coefficient (Wildman–Crippen LogP) is 7.87. The summed E-state index contributed by atoms with van der Waals surface area (Å²) in [6, 6.07) is 32.5. The number of unbranched alkanes of at least 4 members (excludes halogenated alkanes) is 2. The van der Waals surface area contributed by atoms with Crippen LogP contribution in [0.2, 0.25) is 0 Å². The summed E-state index contributed by atoms with van der Waals surface area (Å²) in [6.07, 6.45) is 2.63. The van der Waals surface area contributed by atoms with Gasteiger partial charge in [0.25, 0.3) is 0 Å². The standard InChI is InChI=1S/C39H41N3O6S2/c43-24-26-13-15-29(16-14-26)34-22-32(25-49-39-41-33-9-4-5-10-35(33)50-39)47-38(48-34)30-19-17-28(18-20-30)31-8-6-7-27(21-31)23-40-36(44)11-2-1-3-12-37(45)42-46/h4-10,13-21,32,34,38,43,46H,1-3,11-12,22-25H2,(H,40,44)(H,42,45)/t32-,34+,38+/m0/s1. The van der Waals surface area contributed by atoms with Crippen LogP contribution < -0.4 is 10.8 Å². The third kappa shape index (κ3) is 9.78. The molecule has 0 saturated carbocycles. The van der Waals surface area contributed by atoms with Crippen molar-refractivity contribution in [1.29, 1.82) is 0 Å². The smallest absolute Gasteiger partial charge is 0.243 e. The van der Waals surface area contributed by atoms with Gasteiger partial charge in [0.05, 0.1) is 29.0 Å². The number of hydrogen-bond acceptors (Lipinski definition) is 9. The van der Waals surface area contributed by atoms with Gasteiger partial charge in [-0.15, -0.1) is 11.3 Å². The number of aliphatic hydroxyl groups is 1. The largest absolute Gasteiger partial charge is 0.392 e. The Kier molecular flexibility index (Phi) is 12.7. The molecule has 1 aromatic heterocycles. The van der Waals surface area contributed by atoms with E-state index in [0.29, 0.717) is 32.2 Å². The number of aliphatic hydroxyl groups excluding tert-OH is 1. The van der Waals surface area contributed by atoms with Crippen molar-refractivity contribution in [3.63, 3.8) is 0 Å². The van der Waals surface area contributed by atoms with Gasteiger partial charge < -0.3 is 19.9 Å². The highest BCUT2D eigenvalue weighted by atomic mass is 32.2. The summed E-state index contributed by atoms with van der Waals surface area (Å²) in [5, 5.41) is 21.1. The highest BCUT2D eigenvalue weighted by Crippen LogP contribution is 2.40. The van der Waals surface area contributed by atoms with Crippen LogP contribution in [-0.2, 0) is 32.2 Å². The highest BCUT2D eigenvalue weighted by molar-refractivity contribution is 8.01. The van der Waals surface area contributed by atoms with E-state index in [4.69, 9.17) is 19.7 Å². The van der Waals surface area contributed by atoms with Crippen molar-refractivity contribution in [3.8, 4) is 11.1 Å². The van der Waals surface area contributed by atoms with E-state index in [2.05, 4.69) is 35.6 Å². The molecular weight excluding hydrogens is 671 g/mol. The second-order valence-electron chi connectivity index (χ2n) is 12.3. The zero-order valence-corrected chi connectivity index (χ0v) is 29.3. The van der Waals surface area contributed by atoms with E-state index in [9.17, 15) is 14.7 Å². The van der Waals surface area contributed by atoms with E-state index < -0.39 is 12.2 Å². The first-order valence-electron chi connectivity index (χ1n) is 16.9. The van der Waals surface area contributed by atoms with Crippen molar-refractivity contribution < 1.29 is 29.4 Å². The van der Waals surface area contributed by atoms with Crippen molar-refractivity contribution in [1.82, 2.24) is 15.8 Å². The molecule has 1 aliphatic heterocycles. The average Bonchev–Trinajstić information content (AvgIpc) is 3.59. The predicted molar refractivity (Wildman–Crippen MR) is 196 cm³/mol. The highest BCUT2D eigenvalue weighted by Gasteiger charge is 2.32. The maximum absolute atomic E-state index is 12.4. The number of amides is 2. The SMILES string of the molecule is O=C(CCCCCC(=O)NCc1cccc(-c2ccc([C@@H]3O[C@H](CSc4nc5ccccc5s4)C[C@H](c4ccc(CO)cc4)O3)cc2)c1)NO. The van der Waals surface area contributed by atoms with Gasteiger partial charge in [0.2, 0.25) is 11.8 Å².